The van der Waals surface area contributed by atoms with Crippen LogP contribution in [0.15, 0.2) is 71.1 Å². The summed E-state index contributed by atoms with van der Waals surface area (Å²) in [6.45, 7) is -0.327. The molecule has 0 saturated carbocycles. The predicted octanol–water partition coefficient (Wildman–Crippen LogP) is 4.37. The molecular weight excluding hydrogens is 540 g/mol. The molecule has 3 aromatic carbocycles. The van der Waals surface area contributed by atoms with E-state index in [1.54, 1.807) is 60.3 Å². The molecule has 0 aliphatic carbocycles. The number of benzene rings is 3. The van der Waals surface area contributed by atoms with Gasteiger partial charge in [-0.3, -0.25) is 0 Å². The summed E-state index contributed by atoms with van der Waals surface area (Å²) in [6.07, 6.45) is 2.02. The SMILES string of the molecule is COC(=O)COc1cc(OC)ccc1CC1=C(c2ccc3nsnc3c2)C(=O)OC1(O)c1ccc(SC)cc1. The maximum Gasteiger partial charge on any atom is 0.343 e. The van der Waals surface area contributed by atoms with Gasteiger partial charge in [0, 0.05) is 28.5 Å². The Balaban J connectivity index is 1.66. The Morgan fingerprint density at radius 2 is 1.82 bits per heavy atom. The average molecular weight is 565 g/mol. The normalized spacial score (nSPS) is 16.9. The van der Waals surface area contributed by atoms with Gasteiger partial charge in [-0.1, -0.05) is 24.3 Å². The highest BCUT2D eigenvalue weighted by Gasteiger charge is 2.48. The first kappa shape index (κ1) is 26.7. The highest BCUT2D eigenvalue weighted by atomic mass is 32.2. The maximum atomic E-state index is 13.4. The number of rotatable bonds is 9. The number of hydrogen-bond acceptors (Lipinski definition) is 11. The molecule has 0 amide bonds. The Labute approximate surface area is 232 Å². The minimum Gasteiger partial charge on any atom is -0.497 e. The van der Waals surface area contributed by atoms with Crippen molar-refractivity contribution in [2.24, 2.45) is 0 Å². The van der Waals surface area contributed by atoms with Crippen LogP contribution < -0.4 is 9.47 Å². The highest BCUT2D eigenvalue weighted by molar-refractivity contribution is 7.98. The van der Waals surface area contributed by atoms with Crippen LogP contribution >= 0.6 is 23.5 Å². The molecule has 1 N–H and O–H groups in total. The van der Waals surface area contributed by atoms with Crippen LogP contribution in [0.5, 0.6) is 11.5 Å². The van der Waals surface area contributed by atoms with Gasteiger partial charge in [0.25, 0.3) is 5.79 Å². The predicted molar refractivity (Wildman–Crippen MR) is 147 cm³/mol. The largest absolute Gasteiger partial charge is 0.497 e. The lowest BCUT2D eigenvalue weighted by molar-refractivity contribution is -0.185. The number of nitrogens with zero attached hydrogens (tertiary/aromatic N) is 2. The number of cyclic esters (lactones) is 1. The second-order valence-electron chi connectivity index (χ2n) is 8.60. The van der Waals surface area contributed by atoms with Crippen molar-refractivity contribution < 1.29 is 33.6 Å². The Kier molecular flexibility index (Phi) is 7.56. The zero-order valence-electron chi connectivity index (χ0n) is 21.3. The first-order chi connectivity index (χ1) is 18.9. The van der Waals surface area contributed by atoms with E-state index in [1.165, 1.54) is 14.2 Å². The van der Waals surface area contributed by atoms with E-state index in [0.717, 1.165) is 16.6 Å². The lowest BCUT2D eigenvalue weighted by atomic mass is 9.87. The fourth-order valence-electron chi connectivity index (χ4n) is 4.36. The quantitative estimate of drug-likeness (QED) is 0.232. The Hall–Kier alpha value is -3.93. The van der Waals surface area contributed by atoms with E-state index >= 15 is 0 Å². The number of carbonyl (C=O) groups excluding carboxylic acids is 2. The Morgan fingerprint density at radius 3 is 2.54 bits per heavy atom. The summed E-state index contributed by atoms with van der Waals surface area (Å²) in [4.78, 5) is 26.2. The van der Waals surface area contributed by atoms with E-state index < -0.39 is 17.7 Å². The number of aromatic nitrogens is 2. The van der Waals surface area contributed by atoms with Crippen LogP contribution in [0.25, 0.3) is 16.6 Å². The minimum atomic E-state index is -2.04. The number of aliphatic hydroxyl groups is 1. The fraction of sp³-hybridized carbons (Fsp3) is 0.214. The molecule has 1 aliphatic heterocycles. The van der Waals surface area contributed by atoms with Gasteiger partial charge in [0.15, 0.2) is 6.61 Å². The molecule has 2 heterocycles. The van der Waals surface area contributed by atoms with Gasteiger partial charge < -0.3 is 24.1 Å². The van der Waals surface area contributed by atoms with E-state index in [4.69, 9.17) is 18.9 Å². The first-order valence-electron chi connectivity index (χ1n) is 11.8. The van der Waals surface area contributed by atoms with Crippen molar-refractivity contribution in [2.75, 3.05) is 27.1 Å². The van der Waals surface area contributed by atoms with Gasteiger partial charge in [0.1, 0.15) is 22.5 Å². The summed E-state index contributed by atoms with van der Waals surface area (Å²) in [7, 11) is 2.79. The maximum absolute atomic E-state index is 13.4. The van der Waals surface area contributed by atoms with Crippen LogP contribution in [0.2, 0.25) is 0 Å². The van der Waals surface area contributed by atoms with Crippen molar-refractivity contribution in [3.05, 3.63) is 82.9 Å². The molecule has 1 unspecified atom stereocenters. The fourth-order valence-corrected chi connectivity index (χ4v) is 5.28. The summed E-state index contributed by atoms with van der Waals surface area (Å²) in [6, 6.07) is 17.6. The molecule has 4 aromatic rings. The second kappa shape index (κ2) is 11.0. The van der Waals surface area contributed by atoms with Crippen LogP contribution in [0.1, 0.15) is 16.7 Å². The number of hydrogen-bond donors (Lipinski definition) is 1. The van der Waals surface area contributed by atoms with Crippen LogP contribution in [-0.4, -0.2) is 52.9 Å². The van der Waals surface area contributed by atoms with Gasteiger partial charge in [0.05, 0.1) is 31.5 Å². The van der Waals surface area contributed by atoms with Gasteiger partial charge in [-0.2, -0.15) is 8.75 Å². The third-order valence-corrected chi connectivity index (χ3v) is 7.69. The van der Waals surface area contributed by atoms with Crippen molar-refractivity contribution in [1.82, 2.24) is 8.75 Å². The zero-order chi connectivity index (χ0) is 27.6. The van der Waals surface area contributed by atoms with Crippen LogP contribution in [0.3, 0.4) is 0 Å². The number of esters is 2. The number of carbonyl (C=O) groups is 2. The number of fused-ring (bicyclic) bond motifs is 1. The molecule has 9 nitrogen and oxygen atoms in total. The van der Waals surface area contributed by atoms with Gasteiger partial charge >= 0.3 is 11.9 Å². The number of ether oxygens (including phenoxy) is 4. The first-order valence-corrected chi connectivity index (χ1v) is 13.7. The van der Waals surface area contributed by atoms with E-state index in [-0.39, 0.29) is 18.6 Å². The molecule has 0 radical (unpaired) electrons. The van der Waals surface area contributed by atoms with Gasteiger partial charge in [-0.05, 0) is 47.7 Å². The topological polar surface area (TPSA) is 117 Å². The molecule has 1 atom stereocenters. The second-order valence-corrected chi connectivity index (χ2v) is 10.0. The molecule has 200 valence electrons. The smallest absolute Gasteiger partial charge is 0.343 e. The standard InChI is InChI=1S/C28H24N2O7S2/c1-34-19-8-4-16(24(14-19)36-15-25(31)35-2)12-21-26(17-5-11-22-23(13-17)30-39-29-22)27(32)37-28(21,33)18-6-9-20(38-3)10-7-18/h4-11,13-14,33H,12,15H2,1-3H3. The molecule has 39 heavy (non-hydrogen) atoms. The lowest BCUT2D eigenvalue weighted by Gasteiger charge is -2.26. The van der Waals surface area contributed by atoms with Crippen molar-refractivity contribution >= 4 is 52.0 Å². The summed E-state index contributed by atoms with van der Waals surface area (Å²) >= 11 is 2.63. The summed E-state index contributed by atoms with van der Waals surface area (Å²) < 4.78 is 30.0. The molecule has 0 bridgehead atoms. The van der Waals surface area contributed by atoms with E-state index in [9.17, 15) is 14.7 Å². The molecule has 1 aromatic heterocycles. The molecule has 11 heteroatoms. The molecule has 1 aliphatic rings. The van der Waals surface area contributed by atoms with E-state index in [0.29, 0.717) is 44.8 Å². The van der Waals surface area contributed by atoms with Crippen LogP contribution in [-0.2, 0) is 31.3 Å². The van der Waals surface area contributed by atoms with Gasteiger partial charge in [-0.25, -0.2) is 9.59 Å². The van der Waals surface area contributed by atoms with E-state index in [2.05, 4.69) is 8.75 Å². The summed E-state index contributed by atoms with van der Waals surface area (Å²) in [5.41, 5.74) is 3.41. The summed E-state index contributed by atoms with van der Waals surface area (Å²) in [5.74, 6) is -2.42. The molecule has 0 saturated heterocycles. The van der Waals surface area contributed by atoms with Gasteiger partial charge in [0.2, 0.25) is 0 Å². The molecule has 0 spiro atoms. The average Bonchev–Trinajstić information content (AvgIpc) is 3.53. The third kappa shape index (κ3) is 5.20. The minimum absolute atomic E-state index is 0.0652. The molecule has 0 fully saturated rings. The lowest BCUT2D eigenvalue weighted by Crippen LogP contribution is -2.29. The van der Waals surface area contributed by atoms with Crippen LogP contribution in [0, 0.1) is 0 Å². The van der Waals surface area contributed by atoms with Crippen molar-refractivity contribution in [2.45, 2.75) is 17.1 Å². The van der Waals surface area contributed by atoms with Crippen LogP contribution in [0.4, 0.5) is 0 Å². The Morgan fingerprint density at radius 1 is 1.05 bits per heavy atom. The van der Waals surface area contributed by atoms with Crippen molar-refractivity contribution in [1.29, 1.82) is 0 Å². The van der Waals surface area contributed by atoms with Crippen molar-refractivity contribution in [3.63, 3.8) is 0 Å². The van der Waals surface area contributed by atoms with Gasteiger partial charge in [-0.15, -0.1) is 11.8 Å². The number of methoxy groups -OCH3 is 2. The third-order valence-electron chi connectivity index (χ3n) is 6.39. The van der Waals surface area contributed by atoms with E-state index in [1.807, 2.05) is 18.4 Å². The highest BCUT2D eigenvalue weighted by Crippen LogP contribution is 2.46. The molecular formula is C28H24N2O7S2. The summed E-state index contributed by atoms with van der Waals surface area (Å²) in [5, 5.41) is 12.0. The Bertz CT molecular complexity index is 1580. The monoisotopic (exact) mass is 564 g/mol. The number of thioether (sulfide) groups is 1. The zero-order valence-corrected chi connectivity index (χ0v) is 22.9. The molecule has 5 rings (SSSR count). The van der Waals surface area contributed by atoms with Crippen molar-refractivity contribution in [3.8, 4) is 11.5 Å².